The summed E-state index contributed by atoms with van der Waals surface area (Å²) in [7, 11) is 1.64. The highest BCUT2D eigenvalue weighted by atomic mass is 35.5. The number of halogens is 1. The third kappa shape index (κ3) is 4.59. The van der Waals surface area contributed by atoms with Gasteiger partial charge in [-0.05, 0) is 29.3 Å². The van der Waals surface area contributed by atoms with Crippen LogP contribution in [0.15, 0.2) is 53.9 Å². The van der Waals surface area contributed by atoms with Gasteiger partial charge in [-0.1, -0.05) is 41.9 Å². The molecule has 1 aromatic heterocycles. The van der Waals surface area contributed by atoms with Crippen molar-refractivity contribution in [2.45, 2.75) is 13.0 Å². The molecular weight excluding hydrogens is 356 g/mol. The lowest BCUT2D eigenvalue weighted by atomic mass is 10.1. The molecule has 0 bridgehead atoms. The molecule has 0 unspecified atom stereocenters. The number of nitrogens with zero attached hydrogens (tertiary/aromatic N) is 1. The van der Waals surface area contributed by atoms with Gasteiger partial charge in [0.1, 0.15) is 11.4 Å². The van der Waals surface area contributed by atoms with Crippen LogP contribution in [-0.2, 0) is 13.0 Å². The molecule has 2 aromatic carbocycles. The average Bonchev–Trinajstić information content (AvgIpc) is 3.10. The minimum absolute atomic E-state index is 0.197. The van der Waals surface area contributed by atoms with Crippen molar-refractivity contribution < 1.29 is 9.53 Å². The first-order valence-electron chi connectivity index (χ1n) is 7.74. The number of methoxy groups -OCH3 is 1. The van der Waals surface area contributed by atoms with Crippen LogP contribution in [0.25, 0.3) is 0 Å². The van der Waals surface area contributed by atoms with E-state index in [1.165, 1.54) is 11.3 Å². The molecule has 128 valence electrons. The van der Waals surface area contributed by atoms with Crippen molar-refractivity contribution in [3.8, 4) is 5.75 Å². The minimum atomic E-state index is -0.197. The maximum absolute atomic E-state index is 12.3. The summed E-state index contributed by atoms with van der Waals surface area (Å²) in [5, 5.41) is 6.17. The fraction of sp³-hybridized carbons (Fsp3) is 0.158. The molecule has 0 saturated heterocycles. The van der Waals surface area contributed by atoms with Crippen LogP contribution in [0, 0.1) is 0 Å². The summed E-state index contributed by atoms with van der Waals surface area (Å²) in [5.41, 5.74) is 2.44. The van der Waals surface area contributed by atoms with Gasteiger partial charge >= 0.3 is 0 Å². The average molecular weight is 373 g/mol. The first kappa shape index (κ1) is 17.5. The molecule has 0 spiro atoms. The largest absolute Gasteiger partial charge is 0.497 e. The van der Waals surface area contributed by atoms with Crippen molar-refractivity contribution in [1.29, 1.82) is 0 Å². The van der Waals surface area contributed by atoms with E-state index in [0.717, 1.165) is 21.9 Å². The van der Waals surface area contributed by atoms with Crippen molar-refractivity contribution in [1.82, 2.24) is 10.3 Å². The van der Waals surface area contributed by atoms with Crippen molar-refractivity contribution >= 4 is 28.8 Å². The zero-order valence-corrected chi connectivity index (χ0v) is 15.2. The maximum Gasteiger partial charge on any atom is 0.271 e. The summed E-state index contributed by atoms with van der Waals surface area (Å²) in [4.78, 5) is 16.7. The summed E-state index contributed by atoms with van der Waals surface area (Å²) in [5.74, 6) is 0.625. The number of amides is 1. The second-order valence-electron chi connectivity index (χ2n) is 5.43. The third-order valence-corrected chi connectivity index (χ3v) is 4.91. The van der Waals surface area contributed by atoms with Gasteiger partial charge in [0.25, 0.3) is 5.91 Å². The van der Waals surface area contributed by atoms with Gasteiger partial charge in [0.2, 0.25) is 0 Å². The zero-order chi connectivity index (χ0) is 17.6. The summed E-state index contributed by atoms with van der Waals surface area (Å²) >= 11 is 7.57. The lowest BCUT2D eigenvalue weighted by molar-refractivity contribution is 0.0946. The number of hydrogen-bond acceptors (Lipinski definition) is 4. The molecule has 0 saturated carbocycles. The molecule has 1 amide bonds. The van der Waals surface area contributed by atoms with Gasteiger partial charge in [-0.25, -0.2) is 4.98 Å². The molecular formula is C19H17ClN2O2S. The van der Waals surface area contributed by atoms with Crippen LogP contribution in [0.5, 0.6) is 5.75 Å². The van der Waals surface area contributed by atoms with Gasteiger partial charge in [0.15, 0.2) is 0 Å². The molecule has 3 rings (SSSR count). The van der Waals surface area contributed by atoms with Gasteiger partial charge in [-0.15, -0.1) is 11.3 Å². The molecule has 0 aliphatic rings. The quantitative estimate of drug-likeness (QED) is 0.700. The Morgan fingerprint density at radius 1 is 1.20 bits per heavy atom. The number of aromatic nitrogens is 1. The molecule has 0 aliphatic carbocycles. The normalized spacial score (nSPS) is 10.5. The van der Waals surface area contributed by atoms with E-state index >= 15 is 0 Å². The summed E-state index contributed by atoms with van der Waals surface area (Å²) in [6, 6.07) is 15.3. The smallest absolute Gasteiger partial charge is 0.271 e. The van der Waals surface area contributed by atoms with Gasteiger partial charge < -0.3 is 10.1 Å². The number of benzene rings is 2. The lowest BCUT2D eigenvalue weighted by Gasteiger charge is -2.05. The molecule has 1 N–H and O–H groups in total. The van der Waals surface area contributed by atoms with Gasteiger partial charge in [0.05, 0.1) is 12.1 Å². The third-order valence-electron chi connectivity index (χ3n) is 3.70. The van der Waals surface area contributed by atoms with Crippen LogP contribution in [-0.4, -0.2) is 18.0 Å². The van der Waals surface area contributed by atoms with Gasteiger partial charge in [-0.3, -0.25) is 4.79 Å². The van der Waals surface area contributed by atoms with Gasteiger partial charge in [0, 0.05) is 23.4 Å². The maximum atomic E-state index is 12.3. The van der Waals surface area contributed by atoms with Gasteiger partial charge in [-0.2, -0.15) is 0 Å². The van der Waals surface area contributed by atoms with E-state index < -0.39 is 0 Å². The minimum Gasteiger partial charge on any atom is -0.497 e. The van der Waals surface area contributed by atoms with E-state index in [-0.39, 0.29) is 5.91 Å². The Labute approximate surface area is 155 Å². The highest BCUT2D eigenvalue weighted by molar-refractivity contribution is 7.09. The van der Waals surface area contributed by atoms with Crippen molar-refractivity contribution in [3.05, 3.63) is 80.8 Å². The fourth-order valence-electron chi connectivity index (χ4n) is 2.32. The molecule has 6 heteroatoms. The highest BCUT2D eigenvalue weighted by Gasteiger charge is 2.11. The summed E-state index contributed by atoms with van der Waals surface area (Å²) < 4.78 is 5.15. The van der Waals surface area contributed by atoms with E-state index in [0.29, 0.717) is 23.7 Å². The Bertz CT molecular complexity index is 862. The van der Waals surface area contributed by atoms with Crippen LogP contribution < -0.4 is 10.1 Å². The van der Waals surface area contributed by atoms with E-state index in [2.05, 4.69) is 10.3 Å². The van der Waals surface area contributed by atoms with Crippen molar-refractivity contribution in [2.24, 2.45) is 0 Å². The Hall–Kier alpha value is -2.37. The predicted octanol–water partition coefficient (Wildman–Crippen LogP) is 4.33. The van der Waals surface area contributed by atoms with Crippen LogP contribution in [0.1, 0.15) is 26.6 Å². The fourth-order valence-corrected chi connectivity index (χ4v) is 3.33. The first-order valence-corrected chi connectivity index (χ1v) is 9.00. The Balaban J connectivity index is 1.60. The second-order valence-corrected chi connectivity index (χ2v) is 6.78. The number of hydrogen-bond donors (Lipinski definition) is 1. The van der Waals surface area contributed by atoms with Crippen LogP contribution in [0.3, 0.4) is 0 Å². The SMILES string of the molecule is COc1ccc(Cc2nc(C(=O)NCc3ccccc3Cl)cs2)cc1. The molecule has 1 heterocycles. The van der Waals surface area contributed by atoms with Crippen LogP contribution >= 0.6 is 22.9 Å². The Kier molecular flexibility index (Phi) is 5.68. The predicted molar refractivity (Wildman–Crippen MR) is 101 cm³/mol. The Morgan fingerprint density at radius 3 is 2.68 bits per heavy atom. The molecule has 0 radical (unpaired) electrons. The molecule has 0 atom stereocenters. The monoisotopic (exact) mass is 372 g/mol. The van der Waals surface area contributed by atoms with Crippen LogP contribution in [0.4, 0.5) is 0 Å². The van der Waals surface area contributed by atoms with Crippen LogP contribution in [0.2, 0.25) is 5.02 Å². The lowest BCUT2D eigenvalue weighted by Crippen LogP contribution is -2.23. The second kappa shape index (κ2) is 8.14. The number of carbonyl (C=O) groups is 1. The number of ether oxygens (including phenoxy) is 1. The number of thiazole rings is 1. The van der Waals surface area contributed by atoms with Crippen molar-refractivity contribution in [2.75, 3.05) is 7.11 Å². The first-order chi connectivity index (χ1) is 12.2. The molecule has 0 aliphatic heterocycles. The Morgan fingerprint density at radius 2 is 1.96 bits per heavy atom. The standard InChI is InChI=1S/C19H17ClN2O2S/c1-24-15-8-6-13(7-9-15)10-18-22-17(12-25-18)19(23)21-11-14-4-2-3-5-16(14)20/h2-9,12H,10-11H2,1H3,(H,21,23). The van der Waals surface area contributed by atoms with E-state index in [1.807, 2.05) is 42.5 Å². The molecule has 0 fully saturated rings. The number of rotatable bonds is 6. The molecule has 4 nitrogen and oxygen atoms in total. The van der Waals surface area contributed by atoms with E-state index in [1.54, 1.807) is 18.6 Å². The van der Waals surface area contributed by atoms with E-state index in [4.69, 9.17) is 16.3 Å². The highest BCUT2D eigenvalue weighted by Crippen LogP contribution is 2.18. The number of carbonyl (C=O) groups excluding carboxylic acids is 1. The topological polar surface area (TPSA) is 51.2 Å². The summed E-state index contributed by atoms with van der Waals surface area (Å²) in [6.07, 6.45) is 0.687. The molecule has 3 aromatic rings. The van der Waals surface area contributed by atoms with Crippen molar-refractivity contribution in [3.63, 3.8) is 0 Å². The molecule has 25 heavy (non-hydrogen) atoms. The summed E-state index contributed by atoms with van der Waals surface area (Å²) in [6.45, 7) is 0.379. The van der Waals surface area contributed by atoms with E-state index in [9.17, 15) is 4.79 Å². The zero-order valence-electron chi connectivity index (χ0n) is 13.7. The number of nitrogens with one attached hydrogen (secondary N) is 1.